The Bertz CT molecular complexity index is 510. The molecule has 1 heteroatoms. The van der Waals surface area contributed by atoms with Gasteiger partial charge in [0, 0.05) is 6.42 Å². The lowest BCUT2D eigenvalue weighted by molar-refractivity contribution is -0.115. The van der Waals surface area contributed by atoms with Crippen LogP contribution in [0.4, 0.5) is 0 Å². The third-order valence-electron chi connectivity index (χ3n) is 4.39. The summed E-state index contributed by atoms with van der Waals surface area (Å²) in [4.78, 5) is 12.3. The zero-order chi connectivity index (χ0) is 12.5. The van der Waals surface area contributed by atoms with Crippen molar-refractivity contribution in [1.29, 1.82) is 0 Å². The summed E-state index contributed by atoms with van der Waals surface area (Å²) < 4.78 is 0. The quantitative estimate of drug-likeness (QED) is 0.758. The van der Waals surface area contributed by atoms with Crippen molar-refractivity contribution in [2.45, 2.75) is 45.4 Å². The number of Topliss-reactive ketones (excluding diaryl/α,β-unsaturated/α-hetero) is 1. The lowest BCUT2D eigenvalue weighted by Gasteiger charge is -2.30. The van der Waals surface area contributed by atoms with Crippen molar-refractivity contribution in [3.63, 3.8) is 0 Å². The van der Waals surface area contributed by atoms with Gasteiger partial charge in [-0.25, -0.2) is 0 Å². The monoisotopic (exact) mass is 240 g/mol. The summed E-state index contributed by atoms with van der Waals surface area (Å²) in [5, 5.41) is 0. The highest BCUT2D eigenvalue weighted by Crippen LogP contribution is 2.41. The molecule has 0 bridgehead atoms. The fourth-order valence-corrected chi connectivity index (χ4v) is 3.50. The highest BCUT2D eigenvalue weighted by molar-refractivity contribution is 6.07. The average molecular weight is 240 g/mol. The maximum atomic E-state index is 12.3. The van der Waals surface area contributed by atoms with Gasteiger partial charge in [-0.1, -0.05) is 44.0 Å². The van der Waals surface area contributed by atoms with Crippen LogP contribution < -0.4 is 0 Å². The molecule has 1 aromatic carbocycles. The average Bonchev–Trinajstić information content (AvgIpc) is 2.40. The van der Waals surface area contributed by atoms with Gasteiger partial charge in [0.1, 0.15) is 0 Å². The molecular weight excluding hydrogens is 220 g/mol. The molecule has 0 heterocycles. The van der Waals surface area contributed by atoms with E-state index < -0.39 is 0 Å². The van der Waals surface area contributed by atoms with Gasteiger partial charge in [-0.15, -0.1) is 0 Å². The van der Waals surface area contributed by atoms with E-state index in [-0.39, 0.29) is 0 Å². The largest absolute Gasteiger partial charge is 0.294 e. The first kappa shape index (κ1) is 11.7. The Morgan fingerprint density at radius 3 is 2.89 bits per heavy atom. The zero-order valence-corrected chi connectivity index (χ0v) is 11.0. The van der Waals surface area contributed by atoms with Crippen LogP contribution in [-0.4, -0.2) is 5.78 Å². The first-order valence-electron chi connectivity index (χ1n) is 7.13. The molecule has 0 saturated heterocycles. The van der Waals surface area contributed by atoms with Crippen molar-refractivity contribution < 1.29 is 4.79 Å². The van der Waals surface area contributed by atoms with Gasteiger partial charge >= 0.3 is 0 Å². The Labute approximate surface area is 109 Å². The molecule has 0 radical (unpaired) electrons. The molecule has 94 valence electrons. The second-order valence-corrected chi connectivity index (χ2v) is 5.61. The van der Waals surface area contributed by atoms with E-state index in [1.54, 1.807) is 0 Å². The number of hydrogen-bond acceptors (Lipinski definition) is 1. The number of ketones is 1. The van der Waals surface area contributed by atoms with Gasteiger partial charge < -0.3 is 0 Å². The summed E-state index contributed by atoms with van der Waals surface area (Å²) in [6.45, 7) is 2.24. The minimum absolute atomic E-state index is 0.379. The molecule has 0 saturated carbocycles. The third-order valence-corrected chi connectivity index (χ3v) is 4.39. The normalized spacial score (nSPS) is 22.7. The van der Waals surface area contributed by atoms with Crippen molar-refractivity contribution in [1.82, 2.24) is 0 Å². The molecule has 0 N–H and O–H groups in total. The number of rotatable bonds is 2. The van der Waals surface area contributed by atoms with E-state index in [2.05, 4.69) is 25.1 Å². The molecule has 0 fully saturated rings. The molecule has 3 rings (SSSR count). The summed E-state index contributed by atoms with van der Waals surface area (Å²) in [7, 11) is 0. The van der Waals surface area contributed by atoms with E-state index >= 15 is 0 Å². The van der Waals surface area contributed by atoms with Crippen molar-refractivity contribution in [2.75, 3.05) is 0 Å². The van der Waals surface area contributed by atoms with Gasteiger partial charge in [-0.3, -0.25) is 4.79 Å². The Kier molecular flexibility index (Phi) is 3.07. The van der Waals surface area contributed by atoms with Crippen LogP contribution in [0.1, 0.15) is 50.2 Å². The smallest absolute Gasteiger partial charge is 0.163 e. The topological polar surface area (TPSA) is 17.1 Å². The van der Waals surface area contributed by atoms with Gasteiger partial charge in [0.25, 0.3) is 0 Å². The summed E-state index contributed by atoms with van der Waals surface area (Å²) >= 11 is 0. The van der Waals surface area contributed by atoms with Crippen molar-refractivity contribution in [3.8, 4) is 0 Å². The zero-order valence-electron chi connectivity index (χ0n) is 11.0. The Balaban J connectivity index is 1.98. The van der Waals surface area contributed by atoms with Gasteiger partial charge in [-0.05, 0) is 47.5 Å². The van der Waals surface area contributed by atoms with Crippen LogP contribution in [0.3, 0.4) is 0 Å². The van der Waals surface area contributed by atoms with Crippen LogP contribution in [0.5, 0.6) is 0 Å². The predicted octanol–water partition coefficient (Wildman–Crippen LogP) is 4.17. The first-order chi connectivity index (χ1) is 8.79. The van der Waals surface area contributed by atoms with E-state index in [0.29, 0.717) is 12.2 Å². The van der Waals surface area contributed by atoms with Gasteiger partial charge in [0.05, 0.1) is 0 Å². The molecule has 18 heavy (non-hydrogen) atoms. The minimum atomic E-state index is 0.379. The SMILES string of the molecule is CCCC1CCC2=C(C1)C(=O)Cc1ccccc12. The fraction of sp³-hybridized carbons (Fsp3) is 0.471. The van der Waals surface area contributed by atoms with E-state index in [4.69, 9.17) is 0 Å². The molecule has 0 aliphatic heterocycles. The van der Waals surface area contributed by atoms with Crippen LogP contribution in [0.15, 0.2) is 29.8 Å². The van der Waals surface area contributed by atoms with Crippen molar-refractivity contribution >= 4 is 11.4 Å². The van der Waals surface area contributed by atoms with Crippen LogP contribution in [-0.2, 0) is 11.2 Å². The fourth-order valence-electron chi connectivity index (χ4n) is 3.50. The molecule has 1 aromatic rings. The minimum Gasteiger partial charge on any atom is -0.294 e. The second-order valence-electron chi connectivity index (χ2n) is 5.61. The number of carbonyl (C=O) groups is 1. The van der Waals surface area contributed by atoms with Gasteiger partial charge in [0.15, 0.2) is 5.78 Å². The van der Waals surface area contributed by atoms with E-state index in [9.17, 15) is 4.79 Å². The van der Waals surface area contributed by atoms with Crippen LogP contribution in [0.2, 0.25) is 0 Å². The molecular formula is C17H20O. The summed E-state index contributed by atoms with van der Waals surface area (Å²) in [5.41, 5.74) is 5.09. The van der Waals surface area contributed by atoms with Gasteiger partial charge in [0.2, 0.25) is 0 Å². The number of carbonyl (C=O) groups excluding carboxylic acids is 1. The molecule has 0 aromatic heterocycles. The third kappa shape index (κ3) is 1.92. The van der Waals surface area contributed by atoms with Crippen LogP contribution in [0, 0.1) is 5.92 Å². The number of hydrogen-bond donors (Lipinski definition) is 0. The van der Waals surface area contributed by atoms with E-state index in [1.807, 2.05) is 6.07 Å². The maximum absolute atomic E-state index is 12.3. The lowest BCUT2D eigenvalue weighted by atomic mass is 9.73. The number of benzene rings is 1. The molecule has 1 nitrogen and oxygen atoms in total. The maximum Gasteiger partial charge on any atom is 0.163 e. The standard InChI is InChI=1S/C17H20O/c1-2-5-12-8-9-15-14-7-4-3-6-13(14)11-17(18)16(15)10-12/h3-4,6-7,12H,2,5,8-11H2,1H3. The highest BCUT2D eigenvalue weighted by Gasteiger charge is 2.30. The summed E-state index contributed by atoms with van der Waals surface area (Å²) in [6, 6.07) is 8.43. The lowest BCUT2D eigenvalue weighted by Crippen LogP contribution is -2.22. The van der Waals surface area contributed by atoms with Crippen molar-refractivity contribution in [2.24, 2.45) is 5.92 Å². The van der Waals surface area contributed by atoms with E-state index in [1.165, 1.54) is 36.0 Å². The first-order valence-corrected chi connectivity index (χ1v) is 7.13. The molecule has 1 atom stereocenters. The Morgan fingerprint density at radius 1 is 1.22 bits per heavy atom. The molecule has 1 unspecified atom stereocenters. The van der Waals surface area contributed by atoms with Crippen LogP contribution in [0.25, 0.3) is 5.57 Å². The second kappa shape index (κ2) is 4.72. The summed E-state index contributed by atoms with van der Waals surface area (Å²) in [6.07, 6.45) is 6.50. The predicted molar refractivity (Wildman–Crippen MR) is 74.3 cm³/mol. The molecule has 2 aliphatic rings. The summed E-state index contributed by atoms with van der Waals surface area (Å²) in [5.74, 6) is 1.12. The van der Waals surface area contributed by atoms with Crippen molar-refractivity contribution in [3.05, 3.63) is 41.0 Å². The Hall–Kier alpha value is -1.37. The van der Waals surface area contributed by atoms with Gasteiger partial charge in [-0.2, -0.15) is 0 Å². The molecule has 2 aliphatic carbocycles. The molecule has 0 amide bonds. The highest BCUT2D eigenvalue weighted by atomic mass is 16.1. The van der Waals surface area contributed by atoms with E-state index in [0.717, 1.165) is 24.3 Å². The van der Waals surface area contributed by atoms with Crippen LogP contribution >= 0.6 is 0 Å². The molecule has 0 spiro atoms. The number of allylic oxidation sites excluding steroid dienone is 2. The number of fused-ring (bicyclic) bond motifs is 2. The Morgan fingerprint density at radius 2 is 2.06 bits per heavy atom.